The highest BCUT2D eigenvalue weighted by molar-refractivity contribution is 6.04. The Morgan fingerprint density at radius 2 is 2.19 bits per heavy atom. The van der Waals surface area contributed by atoms with E-state index in [0.717, 1.165) is 18.5 Å². The third kappa shape index (κ3) is 1.63. The molecule has 5 nitrogen and oxygen atoms in total. The molecule has 1 aliphatic rings. The molecule has 16 heavy (non-hydrogen) atoms. The molecular formula is C11H14N2O3. The SMILES string of the molecule is CONC(=O)c1[nH]c2c(c1C)C(=O)CCC2. The van der Waals surface area contributed by atoms with Crippen LogP contribution in [0.4, 0.5) is 0 Å². The third-order valence-corrected chi connectivity index (χ3v) is 2.86. The Labute approximate surface area is 93.1 Å². The van der Waals surface area contributed by atoms with Crippen molar-refractivity contribution < 1.29 is 14.4 Å². The van der Waals surface area contributed by atoms with Crippen molar-refractivity contribution in [2.75, 3.05) is 7.11 Å². The molecule has 0 saturated carbocycles. The van der Waals surface area contributed by atoms with Gasteiger partial charge in [0.1, 0.15) is 5.69 Å². The summed E-state index contributed by atoms with van der Waals surface area (Å²) in [6, 6.07) is 0. The van der Waals surface area contributed by atoms with Gasteiger partial charge >= 0.3 is 0 Å². The van der Waals surface area contributed by atoms with E-state index >= 15 is 0 Å². The molecule has 0 fully saturated rings. The Morgan fingerprint density at radius 1 is 1.44 bits per heavy atom. The topological polar surface area (TPSA) is 71.2 Å². The summed E-state index contributed by atoms with van der Waals surface area (Å²) < 4.78 is 0. The molecule has 0 aromatic carbocycles. The highest BCUT2D eigenvalue weighted by Crippen LogP contribution is 2.26. The number of H-pyrrole nitrogens is 1. The number of Topliss-reactive ketones (excluding diaryl/α,β-unsaturated/α-hetero) is 1. The van der Waals surface area contributed by atoms with Crippen LogP contribution >= 0.6 is 0 Å². The zero-order chi connectivity index (χ0) is 11.7. The van der Waals surface area contributed by atoms with E-state index in [1.54, 1.807) is 6.92 Å². The van der Waals surface area contributed by atoms with Crippen molar-refractivity contribution in [3.8, 4) is 0 Å². The summed E-state index contributed by atoms with van der Waals surface area (Å²) in [4.78, 5) is 30.9. The predicted octanol–water partition coefficient (Wildman–Crippen LogP) is 1.13. The number of hydroxylamine groups is 1. The molecule has 0 atom stereocenters. The molecule has 1 aromatic heterocycles. The van der Waals surface area contributed by atoms with E-state index in [1.807, 2.05) is 0 Å². The molecule has 5 heteroatoms. The molecular weight excluding hydrogens is 208 g/mol. The van der Waals surface area contributed by atoms with Gasteiger partial charge in [0, 0.05) is 17.7 Å². The van der Waals surface area contributed by atoms with Crippen molar-refractivity contribution in [2.24, 2.45) is 0 Å². The van der Waals surface area contributed by atoms with Crippen LogP contribution in [0.15, 0.2) is 0 Å². The number of rotatable bonds is 2. The van der Waals surface area contributed by atoms with Crippen molar-refractivity contribution in [3.63, 3.8) is 0 Å². The highest BCUT2D eigenvalue weighted by Gasteiger charge is 2.26. The standard InChI is InChI=1S/C11H14N2O3/c1-6-9-7(4-3-5-8(9)14)12-10(6)11(15)13-16-2/h12H,3-5H2,1-2H3,(H,13,15). The molecule has 86 valence electrons. The van der Waals surface area contributed by atoms with E-state index < -0.39 is 0 Å². The number of fused-ring (bicyclic) bond motifs is 1. The first-order valence-electron chi connectivity index (χ1n) is 5.23. The van der Waals surface area contributed by atoms with Crippen molar-refractivity contribution in [3.05, 3.63) is 22.5 Å². The molecule has 2 N–H and O–H groups in total. The second-order valence-electron chi connectivity index (χ2n) is 3.89. The molecule has 2 rings (SSSR count). The van der Waals surface area contributed by atoms with E-state index in [9.17, 15) is 9.59 Å². The first-order valence-corrected chi connectivity index (χ1v) is 5.23. The number of aromatic amines is 1. The van der Waals surface area contributed by atoms with Crippen LogP contribution in [0.25, 0.3) is 0 Å². The van der Waals surface area contributed by atoms with Crippen LogP contribution in [-0.4, -0.2) is 23.8 Å². The molecule has 0 saturated heterocycles. The van der Waals surface area contributed by atoms with Gasteiger partial charge in [-0.15, -0.1) is 0 Å². The average molecular weight is 222 g/mol. The van der Waals surface area contributed by atoms with E-state index in [4.69, 9.17) is 0 Å². The van der Waals surface area contributed by atoms with Crippen LogP contribution in [0, 0.1) is 6.92 Å². The number of nitrogens with one attached hydrogen (secondary N) is 2. The number of carbonyl (C=O) groups excluding carboxylic acids is 2. The fourth-order valence-corrected chi connectivity index (χ4v) is 2.14. The van der Waals surface area contributed by atoms with Crippen LogP contribution in [-0.2, 0) is 11.3 Å². The summed E-state index contributed by atoms with van der Waals surface area (Å²) >= 11 is 0. The van der Waals surface area contributed by atoms with Gasteiger partial charge in [0.25, 0.3) is 5.91 Å². The van der Waals surface area contributed by atoms with Gasteiger partial charge in [0.2, 0.25) is 0 Å². The average Bonchev–Trinajstić information content (AvgIpc) is 2.58. The Balaban J connectivity index is 2.42. The number of carbonyl (C=O) groups is 2. The number of aryl methyl sites for hydroxylation is 1. The highest BCUT2D eigenvalue weighted by atomic mass is 16.6. The summed E-state index contributed by atoms with van der Waals surface area (Å²) in [5.41, 5.74) is 4.94. The fourth-order valence-electron chi connectivity index (χ4n) is 2.14. The third-order valence-electron chi connectivity index (χ3n) is 2.86. The second-order valence-corrected chi connectivity index (χ2v) is 3.89. The summed E-state index contributed by atoms with van der Waals surface area (Å²) in [6.07, 6.45) is 2.23. The summed E-state index contributed by atoms with van der Waals surface area (Å²) in [5, 5.41) is 0. The lowest BCUT2D eigenvalue weighted by Gasteiger charge is -2.09. The maximum Gasteiger partial charge on any atom is 0.291 e. The quantitative estimate of drug-likeness (QED) is 0.737. The largest absolute Gasteiger partial charge is 0.353 e. The fraction of sp³-hybridized carbons (Fsp3) is 0.455. The first-order chi connectivity index (χ1) is 7.65. The summed E-state index contributed by atoms with van der Waals surface area (Å²) in [7, 11) is 1.38. The molecule has 0 unspecified atom stereocenters. The second kappa shape index (κ2) is 4.09. The minimum absolute atomic E-state index is 0.117. The van der Waals surface area contributed by atoms with Crippen LogP contribution in [0.5, 0.6) is 0 Å². The molecule has 0 radical (unpaired) electrons. The maximum atomic E-state index is 11.7. The number of ketones is 1. The van der Waals surface area contributed by atoms with Crippen LogP contribution in [0.3, 0.4) is 0 Å². The van der Waals surface area contributed by atoms with Crippen LogP contribution in [0.1, 0.15) is 44.9 Å². The van der Waals surface area contributed by atoms with E-state index in [2.05, 4.69) is 15.3 Å². The molecule has 0 bridgehead atoms. The Hall–Kier alpha value is -1.62. The summed E-state index contributed by atoms with van der Waals surface area (Å²) in [5.74, 6) is -0.228. The lowest BCUT2D eigenvalue weighted by molar-refractivity contribution is 0.0532. The molecule has 1 heterocycles. The van der Waals surface area contributed by atoms with Gasteiger partial charge < -0.3 is 4.98 Å². The maximum absolute atomic E-state index is 11.7. The molecule has 0 aliphatic heterocycles. The minimum Gasteiger partial charge on any atom is -0.353 e. The first kappa shape index (κ1) is 10.9. The number of hydrogen-bond acceptors (Lipinski definition) is 3. The van der Waals surface area contributed by atoms with Crippen molar-refractivity contribution in [1.82, 2.24) is 10.5 Å². The lowest BCUT2D eigenvalue weighted by atomic mass is 9.94. The Bertz CT molecular complexity index is 448. The van der Waals surface area contributed by atoms with Crippen molar-refractivity contribution in [1.29, 1.82) is 0 Å². The number of aromatic nitrogens is 1. The zero-order valence-corrected chi connectivity index (χ0v) is 9.35. The predicted molar refractivity (Wildman–Crippen MR) is 57.3 cm³/mol. The smallest absolute Gasteiger partial charge is 0.291 e. The van der Waals surface area contributed by atoms with E-state index in [1.165, 1.54) is 7.11 Å². The van der Waals surface area contributed by atoms with Gasteiger partial charge in [0.05, 0.1) is 7.11 Å². The Morgan fingerprint density at radius 3 is 2.81 bits per heavy atom. The minimum atomic E-state index is -0.345. The van der Waals surface area contributed by atoms with Gasteiger partial charge in [-0.2, -0.15) is 0 Å². The molecule has 1 aliphatic carbocycles. The normalized spacial score (nSPS) is 14.8. The number of hydrogen-bond donors (Lipinski definition) is 2. The van der Waals surface area contributed by atoms with Crippen LogP contribution in [0.2, 0.25) is 0 Å². The molecule has 1 amide bonds. The van der Waals surface area contributed by atoms with Gasteiger partial charge in [-0.25, -0.2) is 5.48 Å². The van der Waals surface area contributed by atoms with Gasteiger partial charge in [-0.1, -0.05) is 0 Å². The monoisotopic (exact) mass is 222 g/mol. The lowest BCUT2D eigenvalue weighted by Crippen LogP contribution is -2.23. The zero-order valence-electron chi connectivity index (χ0n) is 9.35. The van der Waals surface area contributed by atoms with Gasteiger partial charge in [-0.3, -0.25) is 14.4 Å². The van der Waals surface area contributed by atoms with Crippen molar-refractivity contribution in [2.45, 2.75) is 26.2 Å². The summed E-state index contributed by atoms with van der Waals surface area (Å²) in [6.45, 7) is 1.78. The van der Waals surface area contributed by atoms with Gasteiger partial charge in [0.15, 0.2) is 5.78 Å². The van der Waals surface area contributed by atoms with Crippen molar-refractivity contribution >= 4 is 11.7 Å². The Kier molecular flexibility index (Phi) is 2.78. The van der Waals surface area contributed by atoms with Gasteiger partial charge in [-0.05, 0) is 25.3 Å². The number of amides is 1. The van der Waals surface area contributed by atoms with E-state index in [-0.39, 0.29) is 11.7 Å². The van der Waals surface area contributed by atoms with Crippen LogP contribution < -0.4 is 5.48 Å². The molecule has 1 aromatic rings. The molecule has 0 spiro atoms. The van der Waals surface area contributed by atoms with E-state index in [0.29, 0.717) is 23.2 Å².